The van der Waals surface area contributed by atoms with Crippen LogP contribution >= 0.6 is 0 Å². The first-order chi connectivity index (χ1) is 6.43. The molecule has 1 aliphatic rings. The summed E-state index contributed by atoms with van der Waals surface area (Å²) < 4.78 is 0. The molecule has 1 fully saturated rings. The normalized spacial score (nSPS) is 22.0. The molecular weight excluding hydrogens is 186 g/mol. The molecule has 0 aromatic heterocycles. The van der Waals surface area contributed by atoms with Gasteiger partial charge in [-0.2, -0.15) is 0 Å². The van der Waals surface area contributed by atoms with E-state index in [0.717, 1.165) is 0 Å². The molecule has 2 amide bonds. The molecule has 0 aromatic rings. The van der Waals surface area contributed by atoms with E-state index in [1.807, 2.05) is 0 Å². The maximum atomic E-state index is 11.3. The van der Waals surface area contributed by atoms with Gasteiger partial charge in [0.25, 0.3) is 11.8 Å². The summed E-state index contributed by atoms with van der Waals surface area (Å²) in [7, 11) is 0. The summed E-state index contributed by atoms with van der Waals surface area (Å²) >= 11 is 0. The van der Waals surface area contributed by atoms with Gasteiger partial charge < -0.3 is 4.84 Å². The number of nitrogens with zero attached hydrogens (tertiary/aromatic N) is 1. The molecule has 5 nitrogen and oxygen atoms in total. The van der Waals surface area contributed by atoms with Crippen LogP contribution in [0.2, 0.25) is 0 Å². The van der Waals surface area contributed by atoms with Crippen LogP contribution in [0.5, 0.6) is 0 Å². The first kappa shape index (κ1) is 10.7. The predicted molar refractivity (Wildman–Crippen MR) is 46.6 cm³/mol. The first-order valence-corrected chi connectivity index (χ1v) is 4.52. The molecular formula is C9H13NO4. The fourth-order valence-corrected chi connectivity index (χ4v) is 1.05. The van der Waals surface area contributed by atoms with E-state index >= 15 is 0 Å². The highest BCUT2D eigenvalue weighted by molar-refractivity contribution is 6.03. The third kappa shape index (κ3) is 1.92. The van der Waals surface area contributed by atoms with Gasteiger partial charge in [-0.15, -0.1) is 5.06 Å². The average Bonchev–Trinajstić information content (AvgIpc) is 2.32. The minimum atomic E-state index is -0.569. The smallest absolute Gasteiger partial charge is 0.330 e. The zero-order valence-corrected chi connectivity index (χ0v) is 8.44. The molecule has 1 rings (SSSR count). The molecule has 5 heteroatoms. The fraction of sp³-hybridized carbons (Fsp3) is 0.667. The molecule has 78 valence electrons. The topological polar surface area (TPSA) is 63.7 Å². The Morgan fingerprint density at radius 2 is 2.07 bits per heavy atom. The largest absolute Gasteiger partial charge is 0.335 e. The van der Waals surface area contributed by atoms with E-state index in [1.54, 1.807) is 20.8 Å². The number of amides is 2. The van der Waals surface area contributed by atoms with E-state index in [-0.39, 0.29) is 18.3 Å². The third-order valence-corrected chi connectivity index (χ3v) is 1.98. The van der Waals surface area contributed by atoms with E-state index in [1.165, 1.54) is 0 Å². The van der Waals surface area contributed by atoms with Gasteiger partial charge >= 0.3 is 5.97 Å². The van der Waals surface area contributed by atoms with Crippen LogP contribution in [-0.4, -0.2) is 22.8 Å². The van der Waals surface area contributed by atoms with Crippen molar-refractivity contribution in [3.63, 3.8) is 0 Å². The van der Waals surface area contributed by atoms with Crippen molar-refractivity contribution in [2.24, 2.45) is 11.8 Å². The molecule has 1 atom stereocenters. The molecule has 1 heterocycles. The van der Waals surface area contributed by atoms with Gasteiger partial charge in [0.15, 0.2) is 0 Å². The van der Waals surface area contributed by atoms with Crippen molar-refractivity contribution in [2.75, 3.05) is 0 Å². The van der Waals surface area contributed by atoms with Gasteiger partial charge in [-0.3, -0.25) is 9.59 Å². The van der Waals surface area contributed by atoms with Crippen LogP contribution in [0.15, 0.2) is 0 Å². The van der Waals surface area contributed by atoms with Gasteiger partial charge in [-0.1, -0.05) is 20.8 Å². The van der Waals surface area contributed by atoms with E-state index in [2.05, 4.69) is 4.84 Å². The molecule has 0 aromatic carbocycles. The van der Waals surface area contributed by atoms with Crippen LogP contribution in [-0.2, 0) is 19.2 Å². The van der Waals surface area contributed by atoms with Gasteiger partial charge in [0.2, 0.25) is 0 Å². The van der Waals surface area contributed by atoms with Crippen LogP contribution in [0.1, 0.15) is 27.2 Å². The lowest BCUT2D eigenvalue weighted by Gasteiger charge is -2.14. The first-order valence-electron chi connectivity index (χ1n) is 4.52. The van der Waals surface area contributed by atoms with Crippen molar-refractivity contribution in [1.29, 1.82) is 0 Å². The van der Waals surface area contributed by atoms with Crippen LogP contribution in [0.3, 0.4) is 0 Å². The molecule has 14 heavy (non-hydrogen) atoms. The van der Waals surface area contributed by atoms with Crippen LogP contribution in [0, 0.1) is 11.8 Å². The Morgan fingerprint density at radius 1 is 1.50 bits per heavy atom. The Labute approximate surface area is 82.0 Å². The standard InChI is InChI=1S/C9H13NO4/c1-5(2)9(13)14-10-7(11)4-6(3)8(10)12/h5-6H,4H2,1-3H3/t6-/m1/s1. The number of hydrogen-bond acceptors (Lipinski definition) is 4. The lowest BCUT2D eigenvalue weighted by molar-refractivity contribution is -0.200. The van der Waals surface area contributed by atoms with Gasteiger partial charge in [0.05, 0.1) is 5.92 Å². The zero-order valence-electron chi connectivity index (χ0n) is 8.44. The molecule has 0 saturated carbocycles. The quantitative estimate of drug-likeness (QED) is 0.607. The molecule has 0 radical (unpaired) electrons. The van der Waals surface area contributed by atoms with E-state index in [0.29, 0.717) is 5.06 Å². The number of rotatable bonds is 2. The second-order valence-corrected chi connectivity index (χ2v) is 3.70. The molecule has 1 saturated heterocycles. The monoisotopic (exact) mass is 199 g/mol. The second-order valence-electron chi connectivity index (χ2n) is 3.70. The average molecular weight is 199 g/mol. The number of imide groups is 1. The summed E-state index contributed by atoms with van der Waals surface area (Å²) in [6.07, 6.45) is 0.115. The Kier molecular flexibility index (Phi) is 2.88. The number of carbonyl (C=O) groups is 3. The van der Waals surface area contributed by atoms with Crippen molar-refractivity contribution in [1.82, 2.24) is 5.06 Å². The molecule has 0 N–H and O–H groups in total. The SMILES string of the molecule is CC(C)C(=O)ON1C(=O)C[C@@H](C)C1=O. The van der Waals surface area contributed by atoms with Gasteiger partial charge in [0, 0.05) is 12.3 Å². The highest BCUT2D eigenvalue weighted by Gasteiger charge is 2.39. The Balaban J connectivity index is 2.65. The highest BCUT2D eigenvalue weighted by atomic mass is 16.7. The van der Waals surface area contributed by atoms with Gasteiger partial charge in [-0.25, -0.2) is 4.79 Å². The minimum absolute atomic E-state index is 0.115. The Morgan fingerprint density at radius 3 is 2.43 bits per heavy atom. The van der Waals surface area contributed by atoms with Crippen molar-refractivity contribution in [3.8, 4) is 0 Å². The number of hydrogen-bond donors (Lipinski definition) is 0. The maximum Gasteiger partial charge on any atom is 0.335 e. The highest BCUT2D eigenvalue weighted by Crippen LogP contribution is 2.19. The van der Waals surface area contributed by atoms with Crippen molar-refractivity contribution in [3.05, 3.63) is 0 Å². The zero-order chi connectivity index (χ0) is 10.9. The summed E-state index contributed by atoms with van der Waals surface area (Å²) in [5, 5.41) is 0.576. The van der Waals surface area contributed by atoms with Crippen molar-refractivity contribution >= 4 is 17.8 Å². The molecule has 0 bridgehead atoms. The van der Waals surface area contributed by atoms with Crippen molar-refractivity contribution < 1.29 is 19.2 Å². The van der Waals surface area contributed by atoms with E-state index < -0.39 is 17.8 Å². The van der Waals surface area contributed by atoms with Crippen LogP contribution in [0.4, 0.5) is 0 Å². The second kappa shape index (κ2) is 3.77. The van der Waals surface area contributed by atoms with Gasteiger partial charge in [0.1, 0.15) is 0 Å². The summed E-state index contributed by atoms with van der Waals surface area (Å²) in [6, 6.07) is 0. The lowest BCUT2D eigenvalue weighted by Crippen LogP contribution is -2.34. The van der Waals surface area contributed by atoms with Crippen LogP contribution < -0.4 is 0 Å². The Hall–Kier alpha value is -1.39. The number of hydroxylamine groups is 2. The molecule has 0 unspecified atom stereocenters. The molecule has 0 spiro atoms. The fourth-order valence-electron chi connectivity index (χ4n) is 1.05. The Bertz CT molecular complexity index is 285. The van der Waals surface area contributed by atoms with E-state index in [9.17, 15) is 14.4 Å². The minimum Gasteiger partial charge on any atom is -0.330 e. The van der Waals surface area contributed by atoms with Crippen molar-refractivity contribution in [2.45, 2.75) is 27.2 Å². The third-order valence-electron chi connectivity index (χ3n) is 1.98. The van der Waals surface area contributed by atoms with Crippen LogP contribution in [0.25, 0.3) is 0 Å². The summed E-state index contributed by atoms with van der Waals surface area (Å²) in [5.74, 6) is -2.20. The van der Waals surface area contributed by atoms with Gasteiger partial charge in [-0.05, 0) is 0 Å². The lowest BCUT2D eigenvalue weighted by atomic mass is 10.1. The summed E-state index contributed by atoms with van der Waals surface area (Å²) in [4.78, 5) is 38.3. The summed E-state index contributed by atoms with van der Waals surface area (Å²) in [5.41, 5.74) is 0. The van der Waals surface area contributed by atoms with E-state index in [4.69, 9.17) is 0 Å². The maximum absolute atomic E-state index is 11.3. The predicted octanol–water partition coefficient (Wildman–Crippen LogP) is 0.496. The summed E-state index contributed by atoms with van der Waals surface area (Å²) in [6.45, 7) is 4.90. The molecule has 1 aliphatic heterocycles. The number of carbonyl (C=O) groups excluding carboxylic acids is 3. The molecule has 0 aliphatic carbocycles.